The molecular formula is C20H20N4O2. The van der Waals surface area contributed by atoms with Gasteiger partial charge in [-0.15, -0.1) is 0 Å². The molecule has 0 atom stereocenters. The van der Waals surface area contributed by atoms with E-state index in [1.165, 1.54) is 0 Å². The van der Waals surface area contributed by atoms with E-state index in [0.717, 1.165) is 28.1 Å². The topological polar surface area (TPSA) is 79.0 Å². The highest BCUT2D eigenvalue weighted by molar-refractivity contribution is 5.95. The summed E-state index contributed by atoms with van der Waals surface area (Å²) >= 11 is 0. The van der Waals surface area contributed by atoms with Crippen LogP contribution in [0.4, 0.5) is 0 Å². The van der Waals surface area contributed by atoms with Crippen LogP contribution < -0.4 is 15.6 Å². The quantitative estimate of drug-likeness (QED) is 0.597. The third-order valence-electron chi connectivity index (χ3n) is 4.05. The number of hydrogen-bond donors (Lipinski definition) is 3. The minimum Gasteiger partial charge on any atom is -0.497 e. The first-order valence-corrected chi connectivity index (χ1v) is 8.10. The van der Waals surface area contributed by atoms with Crippen molar-refractivity contribution in [1.82, 2.24) is 21.0 Å². The van der Waals surface area contributed by atoms with Crippen LogP contribution in [-0.4, -0.2) is 23.2 Å². The molecule has 2 aromatic carbocycles. The van der Waals surface area contributed by atoms with Crippen molar-refractivity contribution in [3.8, 4) is 17.0 Å². The first-order chi connectivity index (χ1) is 12.6. The molecule has 6 heteroatoms. The van der Waals surface area contributed by atoms with Gasteiger partial charge in [-0.3, -0.25) is 20.7 Å². The molecule has 0 radical (unpaired) electrons. The largest absolute Gasteiger partial charge is 0.497 e. The Morgan fingerprint density at radius 1 is 1.08 bits per heavy atom. The second-order valence-electron chi connectivity index (χ2n) is 5.72. The maximum atomic E-state index is 12.4. The lowest BCUT2D eigenvalue weighted by atomic mass is 10.1. The van der Waals surface area contributed by atoms with E-state index < -0.39 is 0 Å². The average molecular weight is 348 g/mol. The highest BCUT2D eigenvalue weighted by atomic mass is 16.5. The molecule has 132 valence electrons. The SMILES string of the molecule is C=C(NNC(=O)c1[nH]nc(-c2ccccc2)c1C)c1ccc(OC)cc1. The monoisotopic (exact) mass is 348 g/mol. The lowest BCUT2D eigenvalue weighted by Crippen LogP contribution is -2.36. The number of hydrogen-bond acceptors (Lipinski definition) is 4. The number of ether oxygens (including phenoxy) is 1. The summed E-state index contributed by atoms with van der Waals surface area (Å²) in [6.07, 6.45) is 0. The zero-order valence-electron chi connectivity index (χ0n) is 14.7. The molecule has 0 aliphatic carbocycles. The number of carbonyl (C=O) groups excluding carboxylic acids is 1. The molecule has 0 aliphatic heterocycles. The second-order valence-corrected chi connectivity index (χ2v) is 5.72. The van der Waals surface area contributed by atoms with Gasteiger partial charge in [-0.25, -0.2) is 0 Å². The summed E-state index contributed by atoms with van der Waals surface area (Å²) in [5.41, 5.74) is 9.78. The first-order valence-electron chi connectivity index (χ1n) is 8.10. The van der Waals surface area contributed by atoms with E-state index in [2.05, 4.69) is 27.6 Å². The van der Waals surface area contributed by atoms with Crippen molar-refractivity contribution >= 4 is 11.6 Å². The summed E-state index contributed by atoms with van der Waals surface area (Å²) in [6, 6.07) is 17.1. The van der Waals surface area contributed by atoms with Crippen molar-refractivity contribution in [2.45, 2.75) is 6.92 Å². The minimum absolute atomic E-state index is 0.313. The van der Waals surface area contributed by atoms with Gasteiger partial charge in [0.1, 0.15) is 11.4 Å². The van der Waals surface area contributed by atoms with Crippen LogP contribution in [0, 0.1) is 6.92 Å². The van der Waals surface area contributed by atoms with Gasteiger partial charge in [-0.2, -0.15) is 5.10 Å². The summed E-state index contributed by atoms with van der Waals surface area (Å²) in [7, 11) is 1.61. The molecule has 0 spiro atoms. The molecule has 3 N–H and O–H groups in total. The fourth-order valence-corrected chi connectivity index (χ4v) is 2.56. The number of rotatable bonds is 6. The van der Waals surface area contributed by atoms with Gasteiger partial charge >= 0.3 is 0 Å². The van der Waals surface area contributed by atoms with Gasteiger partial charge in [0.05, 0.1) is 18.5 Å². The van der Waals surface area contributed by atoms with Gasteiger partial charge in [0.2, 0.25) is 0 Å². The van der Waals surface area contributed by atoms with Crippen LogP contribution in [0.2, 0.25) is 0 Å². The number of hydrazine groups is 1. The Kier molecular flexibility index (Phi) is 5.03. The number of aromatic nitrogens is 2. The fraction of sp³-hybridized carbons (Fsp3) is 0.100. The number of benzene rings is 2. The van der Waals surface area contributed by atoms with Gasteiger partial charge in [0.25, 0.3) is 5.91 Å². The molecule has 0 unspecified atom stereocenters. The summed E-state index contributed by atoms with van der Waals surface area (Å²) in [4.78, 5) is 12.4. The number of aromatic amines is 1. The van der Waals surface area contributed by atoms with Crippen molar-refractivity contribution in [2.24, 2.45) is 0 Å². The van der Waals surface area contributed by atoms with Gasteiger partial charge in [-0.1, -0.05) is 36.9 Å². The molecule has 0 saturated carbocycles. The third-order valence-corrected chi connectivity index (χ3v) is 4.05. The Morgan fingerprint density at radius 2 is 1.77 bits per heavy atom. The second kappa shape index (κ2) is 7.57. The molecular weight excluding hydrogens is 328 g/mol. The van der Waals surface area contributed by atoms with Crippen LogP contribution >= 0.6 is 0 Å². The zero-order chi connectivity index (χ0) is 18.5. The standard InChI is InChI=1S/C20H20N4O2/c1-13-18(16-7-5-4-6-8-16)22-23-19(13)20(25)24-21-14(2)15-9-11-17(26-3)12-10-15/h4-12,21H,2H2,1,3H3,(H,22,23)(H,24,25). The van der Waals surface area contributed by atoms with Gasteiger partial charge in [0.15, 0.2) is 0 Å². The first kappa shape index (κ1) is 17.3. The Balaban J connectivity index is 1.67. The van der Waals surface area contributed by atoms with Crippen LogP contribution in [0.25, 0.3) is 17.0 Å². The molecule has 3 rings (SSSR count). The van der Waals surface area contributed by atoms with Crippen LogP contribution in [0.3, 0.4) is 0 Å². The van der Waals surface area contributed by atoms with Crippen LogP contribution in [0.1, 0.15) is 21.6 Å². The molecule has 1 amide bonds. The molecule has 0 saturated heterocycles. The molecule has 1 aromatic heterocycles. The van der Waals surface area contributed by atoms with E-state index >= 15 is 0 Å². The van der Waals surface area contributed by atoms with Crippen molar-refractivity contribution < 1.29 is 9.53 Å². The summed E-state index contributed by atoms with van der Waals surface area (Å²) in [6.45, 7) is 5.79. The van der Waals surface area contributed by atoms with Crippen LogP contribution in [-0.2, 0) is 0 Å². The van der Waals surface area contributed by atoms with Gasteiger partial charge in [0, 0.05) is 11.1 Å². The van der Waals surface area contributed by atoms with E-state index in [9.17, 15) is 4.79 Å². The van der Waals surface area contributed by atoms with Crippen molar-refractivity contribution in [3.05, 3.63) is 78.0 Å². The Hall–Kier alpha value is -3.54. The number of carbonyl (C=O) groups is 1. The molecule has 0 bridgehead atoms. The maximum Gasteiger partial charge on any atom is 0.287 e. The smallest absolute Gasteiger partial charge is 0.287 e. The predicted octanol–water partition coefficient (Wildman–Crippen LogP) is 3.30. The molecule has 3 aromatic rings. The summed E-state index contributed by atoms with van der Waals surface area (Å²) in [5.74, 6) is 0.443. The number of nitrogens with one attached hydrogen (secondary N) is 3. The van der Waals surface area contributed by atoms with E-state index in [-0.39, 0.29) is 5.91 Å². The van der Waals surface area contributed by atoms with Crippen molar-refractivity contribution in [1.29, 1.82) is 0 Å². The zero-order valence-corrected chi connectivity index (χ0v) is 14.7. The Morgan fingerprint density at radius 3 is 2.42 bits per heavy atom. The Labute approximate surface area is 151 Å². The fourth-order valence-electron chi connectivity index (χ4n) is 2.56. The van der Waals surface area contributed by atoms with Gasteiger partial charge < -0.3 is 4.74 Å². The summed E-state index contributed by atoms with van der Waals surface area (Å²) < 4.78 is 5.13. The van der Waals surface area contributed by atoms with Gasteiger partial charge in [-0.05, 0) is 36.8 Å². The Bertz CT molecular complexity index is 915. The van der Waals surface area contributed by atoms with Crippen molar-refractivity contribution in [2.75, 3.05) is 7.11 Å². The van der Waals surface area contributed by atoms with E-state index in [1.807, 2.05) is 61.5 Å². The molecule has 0 fully saturated rings. The maximum absolute atomic E-state index is 12.4. The van der Waals surface area contributed by atoms with Crippen LogP contribution in [0.15, 0.2) is 61.2 Å². The predicted molar refractivity (Wildman–Crippen MR) is 101 cm³/mol. The number of nitrogens with zero attached hydrogens (tertiary/aromatic N) is 1. The van der Waals surface area contributed by atoms with E-state index in [4.69, 9.17) is 4.74 Å². The number of H-pyrrole nitrogens is 1. The minimum atomic E-state index is -0.313. The molecule has 1 heterocycles. The lowest BCUT2D eigenvalue weighted by Gasteiger charge is -2.11. The highest BCUT2D eigenvalue weighted by Crippen LogP contribution is 2.22. The van der Waals surface area contributed by atoms with Crippen LogP contribution in [0.5, 0.6) is 5.75 Å². The van der Waals surface area contributed by atoms with E-state index in [1.54, 1.807) is 7.11 Å². The lowest BCUT2D eigenvalue weighted by molar-refractivity contribution is 0.0937. The molecule has 26 heavy (non-hydrogen) atoms. The molecule has 6 nitrogen and oxygen atoms in total. The number of amides is 1. The normalized spacial score (nSPS) is 10.2. The molecule has 0 aliphatic rings. The van der Waals surface area contributed by atoms with Crippen molar-refractivity contribution in [3.63, 3.8) is 0 Å². The average Bonchev–Trinajstić information content (AvgIpc) is 3.08. The summed E-state index contributed by atoms with van der Waals surface area (Å²) in [5, 5.41) is 7.06. The number of methoxy groups -OCH3 is 1. The van der Waals surface area contributed by atoms with E-state index in [0.29, 0.717) is 11.4 Å². The highest BCUT2D eigenvalue weighted by Gasteiger charge is 2.16. The third kappa shape index (κ3) is 3.59.